The number of nitrogens with zero attached hydrogens (tertiary/aromatic N) is 3. The van der Waals surface area contributed by atoms with Crippen molar-refractivity contribution in [1.82, 2.24) is 14.8 Å². The number of carbonyl (C=O) groups excluding carboxylic acids is 3. The molecule has 1 aromatic heterocycles. The molecule has 0 atom stereocenters. The minimum atomic E-state index is -0.763. The van der Waals surface area contributed by atoms with Crippen molar-refractivity contribution in [3.63, 3.8) is 0 Å². The molecule has 1 aliphatic carbocycles. The Labute approximate surface area is 137 Å². The molecule has 1 aromatic carbocycles. The molecule has 7 nitrogen and oxygen atoms in total. The fraction of sp³-hybridized carbons (Fsp3) is 0.294. The Kier molecular flexibility index (Phi) is 3.41. The highest BCUT2D eigenvalue weighted by Crippen LogP contribution is 2.28. The van der Waals surface area contributed by atoms with Crippen LogP contribution in [0.15, 0.2) is 36.5 Å². The highest BCUT2D eigenvalue weighted by Gasteiger charge is 2.39. The second kappa shape index (κ2) is 5.59. The molecule has 0 N–H and O–H groups in total. The number of aromatic nitrogens is 2. The summed E-state index contributed by atoms with van der Waals surface area (Å²) in [4.78, 5) is 41.9. The SMILES string of the molecule is O=C(ON1C(=O)c2ccccc2C1=O)c1ccnn1CC1CCC1. The first-order chi connectivity index (χ1) is 11.6. The molecule has 0 unspecified atom stereocenters. The molecule has 4 rings (SSSR count). The van der Waals surface area contributed by atoms with Crippen molar-refractivity contribution in [2.24, 2.45) is 5.92 Å². The van der Waals surface area contributed by atoms with Crippen LogP contribution in [0, 0.1) is 5.92 Å². The molecule has 7 heteroatoms. The standard InChI is InChI=1S/C17H15N3O4/c21-15-12-6-1-2-7-13(12)16(22)20(15)24-17(23)14-8-9-18-19(14)10-11-4-3-5-11/h1-2,6-9,11H,3-5,10H2. The smallest absolute Gasteiger partial charge is 0.323 e. The Morgan fingerprint density at radius 1 is 1.12 bits per heavy atom. The van der Waals surface area contributed by atoms with Gasteiger partial charge in [-0.15, -0.1) is 0 Å². The number of amides is 2. The van der Waals surface area contributed by atoms with Gasteiger partial charge in [0.15, 0.2) is 0 Å². The van der Waals surface area contributed by atoms with Gasteiger partial charge in [-0.1, -0.05) is 23.6 Å². The van der Waals surface area contributed by atoms with Crippen molar-refractivity contribution >= 4 is 17.8 Å². The lowest BCUT2D eigenvalue weighted by atomic mass is 9.85. The van der Waals surface area contributed by atoms with Crippen LogP contribution in [-0.4, -0.2) is 32.6 Å². The number of benzene rings is 1. The van der Waals surface area contributed by atoms with Crippen molar-refractivity contribution in [2.45, 2.75) is 25.8 Å². The van der Waals surface area contributed by atoms with Gasteiger partial charge in [0.05, 0.1) is 11.1 Å². The Morgan fingerprint density at radius 2 is 1.79 bits per heavy atom. The minimum absolute atomic E-state index is 0.235. The van der Waals surface area contributed by atoms with E-state index in [0.29, 0.717) is 17.5 Å². The molecule has 0 bridgehead atoms. The summed E-state index contributed by atoms with van der Waals surface area (Å²) in [5, 5.41) is 4.66. The third kappa shape index (κ3) is 2.29. The molecule has 122 valence electrons. The lowest BCUT2D eigenvalue weighted by molar-refractivity contribution is -0.0593. The van der Waals surface area contributed by atoms with E-state index < -0.39 is 17.8 Å². The number of rotatable bonds is 4. The molecule has 1 aliphatic heterocycles. The molecule has 0 saturated heterocycles. The van der Waals surface area contributed by atoms with E-state index in [4.69, 9.17) is 4.84 Å². The van der Waals surface area contributed by atoms with Gasteiger partial charge < -0.3 is 4.84 Å². The molecular weight excluding hydrogens is 310 g/mol. The quantitative estimate of drug-likeness (QED) is 0.804. The number of hydrogen-bond acceptors (Lipinski definition) is 5. The Hall–Kier alpha value is -2.96. The number of fused-ring (bicyclic) bond motifs is 1. The van der Waals surface area contributed by atoms with Gasteiger partial charge in [-0.3, -0.25) is 14.3 Å². The van der Waals surface area contributed by atoms with Crippen LogP contribution in [0.4, 0.5) is 0 Å². The topological polar surface area (TPSA) is 81.5 Å². The molecule has 2 amide bonds. The number of carbonyl (C=O) groups is 3. The van der Waals surface area contributed by atoms with E-state index in [9.17, 15) is 14.4 Å². The Morgan fingerprint density at radius 3 is 2.38 bits per heavy atom. The normalized spacial score (nSPS) is 16.9. The summed E-state index contributed by atoms with van der Waals surface area (Å²) < 4.78 is 1.57. The molecule has 1 fully saturated rings. The van der Waals surface area contributed by atoms with Crippen LogP contribution < -0.4 is 0 Å². The molecule has 24 heavy (non-hydrogen) atoms. The fourth-order valence-electron chi connectivity index (χ4n) is 2.95. The summed E-state index contributed by atoms with van der Waals surface area (Å²) in [6.07, 6.45) is 4.94. The molecule has 2 aliphatic rings. The van der Waals surface area contributed by atoms with Crippen molar-refractivity contribution in [1.29, 1.82) is 0 Å². The molecular formula is C17H15N3O4. The van der Waals surface area contributed by atoms with Gasteiger partial charge in [-0.2, -0.15) is 5.10 Å². The average molecular weight is 325 g/mol. The summed E-state index contributed by atoms with van der Waals surface area (Å²) in [6, 6.07) is 7.90. The minimum Gasteiger partial charge on any atom is -0.323 e. The number of hydroxylamine groups is 2. The maximum absolute atomic E-state index is 12.4. The molecule has 0 radical (unpaired) electrons. The van der Waals surface area contributed by atoms with Gasteiger partial charge in [0.25, 0.3) is 11.8 Å². The number of imide groups is 1. The highest BCUT2D eigenvalue weighted by atomic mass is 16.7. The van der Waals surface area contributed by atoms with Gasteiger partial charge in [0.1, 0.15) is 5.69 Å². The second-order valence-corrected chi connectivity index (χ2v) is 6.02. The molecule has 2 heterocycles. The van der Waals surface area contributed by atoms with Crippen molar-refractivity contribution in [3.05, 3.63) is 53.3 Å². The van der Waals surface area contributed by atoms with E-state index in [0.717, 1.165) is 12.8 Å². The van der Waals surface area contributed by atoms with E-state index in [1.165, 1.54) is 30.8 Å². The predicted molar refractivity (Wildman–Crippen MR) is 81.9 cm³/mol. The summed E-state index contributed by atoms with van der Waals surface area (Å²) in [5.74, 6) is -1.51. The lowest BCUT2D eigenvalue weighted by Crippen LogP contribution is -2.33. The van der Waals surface area contributed by atoms with E-state index >= 15 is 0 Å². The van der Waals surface area contributed by atoms with Crippen LogP contribution in [0.5, 0.6) is 0 Å². The first kappa shape index (κ1) is 14.6. The van der Waals surface area contributed by atoms with E-state index in [1.54, 1.807) is 16.8 Å². The van der Waals surface area contributed by atoms with Crippen LogP contribution in [0.1, 0.15) is 50.5 Å². The third-order valence-corrected chi connectivity index (χ3v) is 4.51. The highest BCUT2D eigenvalue weighted by molar-refractivity contribution is 6.21. The lowest BCUT2D eigenvalue weighted by Gasteiger charge is -2.25. The van der Waals surface area contributed by atoms with E-state index in [-0.39, 0.29) is 16.8 Å². The zero-order valence-electron chi connectivity index (χ0n) is 12.8. The van der Waals surface area contributed by atoms with Gasteiger partial charge in [-0.25, -0.2) is 4.79 Å². The van der Waals surface area contributed by atoms with Crippen LogP contribution in [0.3, 0.4) is 0 Å². The molecule has 1 saturated carbocycles. The van der Waals surface area contributed by atoms with Gasteiger partial charge in [-0.05, 0) is 37.0 Å². The zero-order valence-corrected chi connectivity index (χ0v) is 12.8. The second-order valence-electron chi connectivity index (χ2n) is 6.02. The van der Waals surface area contributed by atoms with Gasteiger partial charge >= 0.3 is 5.97 Å². The van der Waals surface area contributed by atoms with Gasteiger partial charge in [0.2, 0.25) is 0 Å². The van der Waals surface area contributed by atoms with Crippen LogP contribution >= 0.6 is 0 Å². The summed E-state index contributed by atoms with van der Waals surface area (Å²) in [5.41, 5.74) is 0.704. The monoisotopic (exact) mass is 325 g/mol. The van der Waals surface area contributed by atoms with E-state index in [1.807, 2.05) is 0 Å². The summed E-state index contributed by atoms with van der Waals surface area (Å²) in [7, 11) is 0. The number of hydrogen-bond donors (Lipinski definition) is 0. The van der Waals surface area contributed by atoms with Crippen LogP contribution in [0.25, 0.3) is 0 Å². The fourth-order valence-corrected chi connectivity index (χ4v) is 2.95. The van der Waals surface area contributed by atoms with Crippen molar-refractivity contribution < 1.29 is 19.2 Å². The molecule has 0 spiro atoms. The average Bonchev–Trinajstić information content (AvgIpc) is 3.10. The van der Waals surface area contributed by atoms with Gasteiger partial charge in [0, 0.05) is 12.7 Å². The van der Waals surface area contributed by atoms with Crippen LogP contribution in [-0.2, 0) is 11.4 Å². The first-order valence-corrected chi connectivity index (χ1v) is 7.87. The predicted octanol–water partition coefficient (Wildman–Crippen LogP) is 2.05. The summed E-state index contributed by atoms with van der Waals surface area (Å²) in [6.45, 7) is 0.638. The Bertz CT molecular complexity index is 803. The largest absolute Gasteiger partial charge is 0.381 e. The first-order valence-electron chi connectivity index (χ1n) is 7.87. The maximum atomic E-state index is 12.4. The van der Waals surface area contributed by atoms with E-state index in [2.05, 4.69) is 5.10 Å². The van der Waals surface area contributed by atoms with Crippen LogP contribution in [0.2, 0.25) is 0 Å². The zero-order chi connectivity index (χ0) is 16.7. The van der Waals surface area contributed by atoms with Crippen molar-refractivity contribution in [2.75, 3.05) is 0 Å². The molecule has 2 aromatic rings. The van der Waals surface area contributed by atoms with Crippen molar-refractivity contribution in [3.8, 4) is 0 Å². The maximum Gasteiger partial charge on any atom is 0.381 e. The Balaban J connectivity index is 1.52. The summed E-state index contributed by atoms with van der Waals surface area (Å²) >= 11 is 0. The third-order valence-electron chi connectivity index (χ3n) is 4.51.